The van der Waals surface area contributed by atoms with Crippen molar-refractivity contribution in [2.75, 3.05) is 19.2 Å². The number of nitrogens with zero attached hydrogens (tertiary/aromatic N) is 2. The highest BCUT2D eigenvalue weighted by Crippen LogP contribution is 2.32. The van der Waals surface area contributed by atoms with Crippen molar-refractivity contribution in [3.8, 4) is 11.5 Å². The van der Waals surface area contributed by atoms with E-state index in [4.69, 9.17) is 14.2 Å². The molecule has 0 saturated heterocycles. The van der Waals surface area contributed by atoms with Crippen molar-refractivity contribution in [2.45, 2.75) is 17.9 Å². The lowest BCUT2D eigenvalue weighted by Gasteiger charge is -2.11. The molecule has 2 aromatic rings. The summed E-state index contributed by atoms with van der Waals surface area (Å²) in [5, 5.41) is 10.8. The fraction of sp³-hybridized carbons (Fsp3) is 0.400. The van der Waals surface area contributed by atoms with Crippen molar-refractivity contribution >= 4 is 11.8 Å². The molecule has 1 aliphatic rings. The zero-order chi connectivity index (χ0) is 15.4. The van der Waals surface area contributed by atoms with Crippen molar-refractivity contribution in [3.05, 3.63) is 36.2 Å². The molecule has 6 nitrogen and oxygen atoms in total. The van der Waals surface area contributed by atoms with Gasteiger partial charge in [0.15, 0.2) is 16.7 Å². The first-order chi connectivity index (χ1) is 10.7. The summed E-state index contributed by atoms with van der Waals surface area (Å²) in [5.74, 6) is 2.05. The largest absolute Gasteiger partial charge is 0.454 e. The summed E-state index contributed by atoms with van der Waals surface area (Å²) < 4.78 is 18.1. The van der Waals surface area contributed by atoms with Crippen LogP contribution in [0.2, 0.25) is 0 Å². The number of benzene rings is 1. The molecule has 1 aromatic heterocycles. The van der Waals surface area contributed by atoms with E-state index in [0.29, 0.717) is 12.4 Å². The first kappa shape index (κ1) is 15.2. The molecule has 0 saturated carbocycles. The molecular weight excluding hydrogens is 304 g/mol. The van der Waals surface area contributed by atoms with E-state index in [2.05, 4.69) is 4.98 Å². The Balaban J connectivity index is 1.40. The molecule has 1 atom stereocenters. The van der Waals surface area contributed by atoms with Crippen molar-refractivity contribution in [1.29, 1.82) is 0 Å². The highest BCUT2D eigenvalue weighted by Gasteiger charge is 2.13. The van der Waals surface area contributed by atoms with Gasteiger partial charge < -0.3 is 23.9 Å². The Bertz CT molecular complexity index is 632. The summed E-state index contributed by atoms with van der Waals surface area (Å²) in [7, 11) is 1.93. The maximum absolute atomic E-state index is 9.94. The SMILES string of the molecule is Cn1ccnc1SCC(O)COCc1ccc2c(c1)OCO2. The van der Waals surface area contributed by atoms with Crippen LogP contribution in [0.3, 0.4) is 0 Å². The Labute approximate surface area is 133 Å². The summed E-state index contributed by atoms with van der Waals surface area (Å²) >= 11 is 1.51. The van der Waals surface area contributed by atoms with E-state index < -0.39 is 6.10 Å². The van der Waals surface area contributed by atoms with E-state index >= 15 is 0 Å². The molecule has 0 bridgehead atoms. The van der Waals surface area contributed by atoms with E-state index in [-0.39, 0.29) is 13.4 Å². The summed E-state index contributed by atoms with van der Waals surface area (Å²) in [5.41, 5.74) is 0.994. The predicted octanol–water partition coefficient (Wildman–Crippen LogP) is 1.82. The minimum atomic E-state index is -0.532. The molecule has 1 aromatic carbocycles. The van der Waals surface area contributed by atoms with Crippen LogP contribution >= 0.6 is 11.8 Å². The Morgan fingerprint density at radius 3 is 3.09 bits per heavy atom. The third kappa shape index (κ3) is 3.73. The van der Waals surface area contributed by atoms with Gasteiger partial charge >= 0.3 is 0 Å². The number of ether oxygens (including phenoxy) is 3. The van der Waals surface area contributed by atoms with Crippen LogP contribution in [0.15, 0.2) is 35.7 Å². The molecule has 1 unspecified atom stereocenters. The van der Waals surface area contributed by atoms with Gasteiger partial charge in [0.05, 0.1) is 19.3 Å². The lowest BCUT2D eigenvalue weighted by Crippen LogP contribution is -2.18. The minimum absolute atomic E-state index is 0.267. The Kier molecular flexibility index (Phi) is 4.87. The highest BCUT2D eigenvalue weighted by atomic mass is 32.2. The second-order valence-corrected chi connectivity index (χ2v) is 5.98. The van der Waals surface area contributed by atoms with Gasteiger partial charge in [-0.15, -0.1) is 0 Å². The maximum Gasteiger partial charge on any atom is 0.231 e. The van der Waals surface area contributed by atoms with Gasteiger partial charge in [-0.05, 0) is 17.7 Å². The lowest BCUT2D eigenvalue weighted by molar-refractivity contribution is 0.0397. The number of aliphatic hydroxyl groups excluding tert-OH is 1. The average molecular weight is 322 g/mol. The summed E-state index contributed by atoms with van der Waals surface area (Å²) in [6, 6.07) is 5.70. The monoisotopic (exact) mass is 322 g/mol. The maximum atomic E-state index is 9.94. The van der Waals surface area contributed by atoms with Crippen LogP contribution in [0.4, 0.5) is 0 Å². The number of hydrogen-bond donors (Lipinski definition) is 1. The van der Waals surface area contributed by atoms with E-state index in [9.17, 15) is 5.11 Å². The van der Waals surface area contributed by atoms with Gasteiger partial charge in [-0.3, -0.25) is 0 Å². The summed E-state index contributed by atoms with van der Waals surface area (Å²) in [6.07, 6.45) is 3.09. The number of aryl methyl sites for hydroxylation is 1. The highest BCUT2D eigenvalue weighted by molar-refractivity contribution is 7.99. The third-order valence-corrected chi connectivity index (χ3v) is 4.40. The molecule has 118 valence electrons. The topological polar surface area (TPSA) is 65.7 Å². The van der Waals surface area contributed by atoms with Gasteiger partial charge in [-0.1, -0.05) is 17.8 Å². The predicted molar refractivity (Wildman–Crippen MR) is 82.2 cm³/mol. The van der Waals surface area contributed by atoms with E-state index in [1.54, 1.807) is 6.20 Å². The molecule has 0 fully saturated rings. The van der Waals surface area contributed by atoms with Crippen molar-refractivity contribution < 1.29 is 19.3 Å². The number of aromatic nitrogens is 2. The van der Waals surface area contributed by atoms with Gasteiger partial charge in [0.25, 0.3) is 0 Å². The molecule has 0 spiro atoms. The van der Waals surface area contributed by atoms with Crippen LogP contribution in [0.5, 0.6) is 11.5 Å². The number of imidazole rings is 1. The van der Waals surface area contributed by atoms with Gasteiger partial charge in [0.2, 0.25) is 6.79 Å². The van der Waals surface area contributed by atoms with E-state index in [1.165, 1.54) is 11.8 Å². The molecule has 2 heterocycles. The van der Waals surface area contributed by atoms with Crippen LogP contribution in [0.25, 0.3) is 0 Å². The second kappa shape index (κ2) is 7.04. The first-order valence-electron chi connectivity index (χ1n) is 6.97. The fourth-order valence-corrected chi connectivity index (χ4v) is 2.89. The molecule has 1 N–H and O–H groups in total. The first-order valence-corrected chi connectivity index (χ1v) is 7.95. The second-order valence-electron chi connectivity index (χ2n) is 4.99. The van der Waals surface area contributed by atoms with Gasteiger partial charge in [-0.2, -0.15) is 0 Å². The zero-order valence-corrected chi connectivity index (χ0v) is 13.1. The molecule has 3 rings (SSSR count). The molecule has 7 heteroatoms. The number of fused-ring (bicyclic) bond motifs is 1. The minimum Gasteiger partial charge on any atom is -0.454 e. The van der Waals surface area contributed by atoms with Crippen molar-refractivity contribution in [2.24, 2.45) is 7.05 Å². The lowest BCUT2D eigenvalue weighted by atomic mass is 10.2. The fourth-order valence-electron chi connectivity index (χ4n) is 2.05. The van der Waals surface area contributed by atoms with Crippen LogP contribution in [0.1, 0.15) is 5.56 Å². The van der Waals surface area contributed by atoms with Crippen LogP contribution in [-0.4, -0.2) is 39.9 Å². The number of rotatable bonds is 7. The van der Waals surface area contributed by atoms with Crippen LogP contribution in [0, 0.1) is 0 Å². The molecule has 22 heavy (non-hydrogen) atoms. The summed E-state index contributed by atoms with van der Waals surface area (Å²) in [6.45, 7) is 0.982. The standard InChI is InChI=1S/C15H18N2O4S/c1-17-5-4-16-15(17)22-9-12(18)8-19-7-11-2-3-13-14(6-11)21-10-20-13/h2-6,12,18H,7-10H2,1H3. The van der Waals surface area contributed by atoms with Crippen LogP contribution in [-0.2, 0) is 18.4 Å². The molecule has 0 radical (unpaired) electrons. The quantitative estimate of drug-likeness (QED) is 0.785. The Hall–Kier alpha value is -1.70. The zero-order valence-electron chi connectivity index (χ0n) is 12.3. The van der Waals surface area contributed by atoms with E-state index in [0.717, 1.165) is 22.2 Å². The third-order valence-electron chi connectivity index (χ3n) is 3.20. The number of hydrogen-bond acceptors (Lipinski definition) is 6. The van der Waals surface area contributed by atoms with Crippen LogP contribution < -0.4 is 9.47 Å². The van der Waals surface area contributed by atoms with Gasteiger partial charge in [0, 0.05) is 25.2 Å². The molecule has 1 aliphatic heterocycles. The average Bonchev–Trinajstić information content (AvgIpc) is 3.13. The van der Waals surface area contributed by atoms with Crippen molar-refractivity contribution in [3.63, 3.8) is 0 Å². The smallest absolute Gasteiger partial charge is 0.231 e. The molecular formula is C15H18N2O4S. The Morgan fingerprint density at radius 2 is 2.27 bits per heavy atom. The Morgan fingerprint density at radius 1 is 1.41 bits per heavy atom. The number of aliphatic hydroxyl groups is 1. The van der Waals surface area contributed by atoms with Crippen molar-refractivity contribution in [1.82, 2.24) is 9.55 Å². The summed E-state index contributed by atoms with van der Waals surface area (Å²) in [4.78, 5) is 4.20. The molecule has 0 aliphatic carbocycles. The number of thioether (sulfide) groups is 1. The van der Waals surface area contributed by atoms with Gasteiger partial charge in [0.1, 0.15) is 0 Å². The van der Waals surface area contributed by atoms with Gasteiger partial charge in [-0.25, -0.2) is 4.98 Å². The molecule has 0 amide bonds. The normalized spacial score (nSPS) is 14.3. The van der Waals surface area contributed by atoms with E-state index in [1.807, 2.05) is 36.0 Å².